The van der Waals surface area contributed by atoms with E-state index in [0.717, 1.165) is 34.7 Å². The van der Waals surface area contributed by atoms with E-state index in [4.69, 9.17) is 9.47 Å². The second kappa shape index (κ2) is 7.47. The van der Waals surface area contributed by atoms with Crippen molar-refractivity contribution >= 4 is 5.91 Å². The maximum absolute atomic E-state index is 13.1. The highest BCUT2D eigenvalue weighted by Crippen LogP contribution is 2.36. The smallest absolute Gasteiger partial charge is 0.263 e. The molecule has 1 saturated heterocycles. The van der Waals surface area contributed by atoms with Crippen LogP contribution in [-0.2, 0) is 7.05 Å². The topological polar surface area (TPSA) is 60.8 Å². The first-order valence-corrected chi connectivity index (χ1v) is 9.05. The zero-order chi connectivity index (χ0) is 19.7. The minimum atomic E-state index is -0.236. The van der Waals surface area contributed by atoms with Crippen LogP contribution in [0.25, 0.3) is 0 Å². The second-order valence-electron chi connectivity index (χ2n) is 7.05. The molecule has 0 saturated carbocycles. The number of aryl methyl sites for hydroxylation is 2. The van der Waals surface area contributed by atoms with Gasteiger partial charge >= 0.3 is 0 Å². The van der Waals surface area contributed by atoms with Gasteiger partial charge in [-0.25, -0.2) is 0 Å². The molecular weight excluding hydrogens is 344 g/mol. The van der Waals surface area contributed by atoms with Gasteiger partial charge < -0.3 is 18.9 Å². The van der Waals surface area contributed by atoms with Crippen LogP contribution in [0.5, 0.6) is 11.5 Å². The summed E-state index contributed by atoms with van der Waals surface area (Å²) in [6.45, 7) is 4.85. The Bertz CT molecular complexity index is 933. The molecule has 2 heterocycles. The SMILES string of the molecule is COc1ccc(OC)c(C2CCN(C(=O)c3c(C)cc(C)n(C)c3=O)C2)c1. The number of aromatic nitrogens is 1. The van der Waals surface area contributed by atoms with E-state index in [2.05, 4.69) is 0 Å². The van der Waals surface area contributed by atoms with Gasteiger partial charge in [-0.2, -0.15) is 0 Å². The molecule has 2 aromatic rings. The average molecular weight is 370 g/mol. The number of ether oxygens (including phenoxy) is 2. The Morgan fingerprint density at radius 2 is 1.89 bits per heavy atom. The minimum Gasteiger partial charge on any atom is -0.497 e. The molecule has 6 nitrogen and oxygen atoms in total. The Balaban J connectivity index is 1.88. The summed E-state index contributed by atoms with van der Waals surface area (Å²) in [7, 11) is 4.97. The largest absolute Gasteiger partial charge is 0.497 e. The van der Waals surface area contributed by atoms with Crippen molar-refractivity contribution < 1.29 is 14.3 Å². The van der Waals surface area contributed by atoms with Gasteiger partial charge in [-0.05, 0) is 50.1 Å². The fourth-order valence-corrected chi connectivity index (χ4v) is 3.75. The number of likely N-dealkylation sites (tertiary alicyclic amines) is 1. The van der Waals surface area contributed by atoms with Gasteiger partial charge in [0.15, 0.2) is 0 Å². The first-order chi connectivity index (χ1) is 12.9. The maximum Gasteiger partial charge on any atom is 0.263 e. The molecular formula is C21H26N2O4. The average Bonchev–Trinajstić information content (AvgIpc) is 3.15. The van der Waals surface area contributed by atoms with Gasteiger partial charge in [-0.1, -0.05) is 0 Å². The maximum atomic E-state index is 13.1. The van der Waals surface area contributed by atoms with Crippen LogP contribution < -0.4 is 15.0 Å². The zero-order valence-electron chi connectivity index (χ0n) is 16.5. The second-order valence-corrected chi connectivity index (χ2v) is 7.05. The molecule has 0 spiro atoms. The van der Waals surface area contributed by atoms with Crippen LogP contribution in [-0.4, -0.2) is 42.7 Å². The van der Waals surface area contributed by atoms with Crippen molar-refractivity contribution in [2.24, 2.45) is 7.05 Å². The highest BCUT2D eigenvalue weighted by Gasteiger charge is 2.32. The lowest BCUT2D eigenvalue weighted by Crippen LogP contribution is -2.36. The summed E-state index contributed by atoms with van der Waals surface area (Å²) in [5, 5.41) is 0. The van der Waals surface area contributed by atoms with E-state index in [1.165, 1.54) is 4.57 Å². The molecule has 1 aromatic heterocycles. The molecule has 144 valence electrons. The summed E-state index contributed by atoms with van der Waals surface area (Å²) < 4.78 is 12.4. The Kier molecular flexibility index (Phi) is 5.26. The highest BCUT2D eigenvalue weighted by atomic mass is 16.5. The van der Waals surface area contributed by atoms with E-state index in [9.17, 15) is 9.59 Å². The lowest BCUT2D eigenvalue weighted by Gasteiger charge is -2.20. The predicted molar refractivity (Wildman–Crippen MR) is 104 cm³/mol. The Hall–Kier alpha value is -2.76. The summed E-state index contributed by atoms with van der Waals surface area (Å²) in [5.74, 6) is 1.50. The monoisotopic (exact) mass is 370 g/mol. The van der Waals surface area contributed by atoms with Crippen LogP contribution in [0, 0.1) is 13.8 Å². The van der Waals surface area contributed by atoms with Gasteiger partial charge in [0, 0.05) is 37.3 Å². The van der Waals surface area contributed by atoms with Crippen LogP contribution in [0.1, 0.15) is 39.5 Å². The molecule has 0 N–H and O–H groups in total. The summed E-state index contributed by atoms with van der Waals surface area (Å²) in [4.78, 5) is 27.5. The Morgan fingerprint density at radius 3 is 2.56 bits per heavy atom. The first-order valence-electron chi connectivity index (χ1n) is 9.05. The molecule has 1 amide bonds. The molecule has 1 atom stereocenters. The van der Waals surface area contributed by atoms with E-state index in [1.807, 2.05) is 38.1 Å². The molecule has 6 heteroatoms. The van der Waals surface area contributed by atoms with E-state index >= 15 is 0 Å². The Morgan fingerprint density at radius 1 is 1.15 bits per heavy atom. The molecule has 27 heavy (non-hydrogen) atoms. The van der Waals surface area contributed by atoms with Crippen LogP contribution in [0.2, 0.25) is 0 Å². The van der Waals surface area contributed by atoms with Gasteiger partial charge in [-0.15, -0.1) is 0 Å². The lowest BCUT2D eigenvalue weighted by molar-refractivity contribution is 0.0787. The van der Waals surface area contributed by atoms with Crippen LogP contribution in [0.4, 0.5) is 0 Å². The summed E-state index contributed by atoms with van der Waals surface area (Å²) in [5.41, 5.74) is 2.62. The van der Waals surface area contributed by atoms with Gasteiger partial charge in [-0.3, -0.25) is 9.59 Å². The fraction of sp³-hybridized carbons (Fsp3) is 0.429. The number of amides is 1. The third kappa shape index (κ3) is 3.44. The first kappa shape index (κ1) is 19.0. The van der Waals surface area contributed by atoms with E-state index in [1.54, 1.807) is 26.2 Å². The van der Waals surface area contributed by atoms with Crippen LogP contribution in [0.15, 0.2) is 29.1 Å². The van der Waals surface area contributed by atoms with Crippen LogP contribution in [0.3, 0.4) is 0 Å². The molecule has 0 bridgehead atoms. The molecule has 1 aliphatic rings. The van der Waals surface area contributed by atoms with Crippen molar-refractivity contribution in [2.45, 2.75) is 26.2 Å². The minimum absolute atomic E-state index is 0.147. The number of rotatable bonds is 4. The zero-order valence-corrected chi connectivity index (χ0v) is 16.5. The summed E-state index contributed by atoms with van der Waals surface area (Å²) in [6, 6.07) is 7.60. The normalized spacial score (nSPS) is 16.5. The number of hydrogen-bond acceptors (Lipinski definition) is 4. The molecule has 0 aliphatic carbocycles. The molecule has 1 aromatic carbocycles. The predicted octanol–water partition coefficient (Wildman–Crippen LogP) is 2.65. The number of hydrogen-bond donors (Lipinski definition) is 0. The number of nitrogens with zero attached hydrogens (tertiary/aromatic N) is 2. The van der Waals surface area contributed by atoms with Crippen LogP contribution >= 0.6 is 0 Å². The van der Waals surface area contributed by atoms with Gasteiger partial charge in [0.25, 0.3) is 11.5 Å². The van der Waals surface area contributed by atoms with Crippen molar-refractivity contribution in [3.63, 3.8) is 0 Å². The van der Waals surface area contributed by atoms with Crippen molar-refractivity contribution in [2.75, 3.05) is 27.3 Å². The summed E-state index contributed by atoms with van der Waals surface area (Å²) in [6.07, 6.45) is 0.820. The highest BCUT2D eigenvalue weighted by molar-refractivity contribution is 5.95. The van der Waals surface area contributed by atoms with Crippen molar-refractivity contribution in [3.8, 4) is 11.5 Å². The number of benzene rings is 1. The third-order valence-electron chi connectivity index (χ3n) is 5.43. The Labute approximate surface area is 159 Å². The van der Waals surface area contributed by atoms with Gasteiger partial charge in [0.2, 0.25) is 0 Å². The number of carbonyl (C=O) groups excluding carboxylic acids is 1. The van der Waals surface area contributed by atoms with E-state index in [0.29, 0.717) is 13.1 Å². The molecule has 0 radical (unpaired) electrons. The standard InChI is InChI=1S/C21H26N2O4/c1-13-10-14(2)22(3)20(24)19(13)21(25)23-9-8-15(12-23)17-11-16(26-4)6-7-18(17)27-5/h6-7,10-11,15H,8-9,12H2,1-5H3. The molecule has 1 fully saturated rings. The van der Waals surface area contributed by atoms with Gasteiger partial charge in [0.05, 0.1) is 14.2 Å². The van der Waals surface area contributed by atoms with Crippen molar-refractivity contribution in [3.05, 3.63) is 57.0 Å². The fourth-order valence-electron chi connectivity index (χ4n) is 3.75. The lowest BCUT2D eigenvalue weighted by atomic mass is 9.97. The number of carbonyl (C=O) groups is 1. The number of methoxy groups -OCH3 is 2. The van der Waals surface area contributed by atoms with Gasteiger partial charge in [0.1, 0.15) is 17.1 Å². The molecule has 1 unspecified atom stereocenters. The summed E-state index contributed by atoms with van der Waals surface area (Å²) >= 11 is 0. The van der Waals surface area contributed by atoms with Crippen molar-refractivity contribution in [1.29, 1.82) is 0 Å². The third-order valence-corrected chi connectivity index (χ3v) is 5.43. The van der Waals surface area contributed by atoms with Crippen molar-refractivity contribution in [1.82, 2.24) is 9.47 Å². The van der Waals surface area contributed by atoms with E-state index < -0.39 is 0 Å². The molecule has 1 aliphatic heterocycles. The molecule has 3 rings (SSSR count). The quantitative estimate of drug-likeness (QED) is 0.830. The van der Waals surface area contributed by atoms with E-state index in [-0.39, 0.29) is 22.9 Å². The number of pyridine rings is 1.